The molecule has 1 aromatic carbocycles. The first-order valence-electron chi connectivity index (χ1n) is 3.90. The van der Waals surface area contributed by atoms with Crippen molar-refractivity contribution in [2.24, 2.45) is 0 Å². The van der Waals surface area contributed by atoms with Crippen LogP contribution in [0.5, 0.6) is 0 Å². The van der Waals surface area contributed by atoms with Crippen LogP contribution in [0.4, 0.5) is 0 Å². The standard InChI is InChI=1S/C8H6ClNO3S2/c1-14-8-10-7-5(13-8)3-2-4-6(7)15(9,11)12/h2-4H,1H3. The third-order valence-electron chi connectivity index (χ3n) is 1.80. The Morgan fingerprint density at radius 3 is 2.80 bits per heavy atom. The molecule has 0 aliphatic carbocycles. The van der Waals surface area contributed by atoms with Gasteiger partial charge in [-0.05, 0) is 18.4 Å². The molecule has 0 aliphatic heterocycles. The lowest BCUT2D eigenvalue weighted by atomic mass is 10.3. The van der Waals surface area contributed by atoms with Gasteiger partial charge in [-0.25, -0.2) is 13.4 Å². The molecular formula is C8H6ClNO3S2. The summed E-state index contributed by atoms with van der Waals surface area (Å²) in [6.45, 7) is 0. The van der Waals surface area contributed by atoms with Gasteiger partial charge in [0.25, 0.3) is 14.3 Å². The van der Waals surface area contributed by atoms with E-state index in [1.165, 1.54) is 17.8 Å². The number of halogens is 1. The summed E-state index contributed by atoms with van der Waals surface area (Å²) in [5.74, 6) is 0. The van der Waals surface area contributed by atoms with E-state index in [9.17, 15) is 8.42 Å². The van der Waals surface area contributed by atoms with Crippen LogP contribution in [-0.2, 0) is 9.05 Å². The van der Waals surface area contributed by atoms with Crippen molar-refractivity contribution in [1.82, 2.24) is 4.98 Å². The zero-order valence-electron chi connectivity index (χ0n) is 7.60. The van der Waals surface area contributed by atoms with Crippen LogP contribution in [0.15, 0.2) is 32.7 Å². The highest BCUT2D eigenvalue weighted by atomic mass is 35.7. The Kier molecular flexibility index (Phi) is 2.66. The Morgan fingerprint density at radius 1 is 1.47 bits per heavy atom. The van der Waals surface area contributed by atoms with Crippen LogP contribution in [0.25, 0.3) is 11.1 Å². The Balaban J connectivity index is 2.81. The fourth-order valence-corrected chi connectivity index (χ4v) is 2.53. The summed E-state index contributed by atoms with van der Waals surface area (Å²) in [6, 6.07) is 4.61. The third-order valence-corrected chi connectivity index (χ3v) is 3.68. The quantitative estimate of drug-likeness (QED) is 0.615. The first kappa shape index (κ1) is 10.8. The van der Waals surface area contributed by atoms with Crippen LogP contribution >= 0.6 is 22.4 Å². The zero-order chi connectivity index (χ0) is 11.1. The maximum atomic E-state index is 11.2. The molecule has 0 saturated heterocycles. The first-order valence-corrected chi connectivity index (χ1v) is 7.44. The van der Waals surface area contributed by atoms with E-state index in [-0.39, 0.29) is 10.4 Å². The SMILES string of the molecule is CSc1nc2c(S(=O)(=O)Cl)cccc2o1. The fraction of sp³-hybridized carbons (Fsp3) is 0.125. The molecule has 0 unspecified atom stereocenters. The van der Waals surface area contributed by atoms with E-state index < -0.39 is 9.05 Å². The highest BCUT2D eigenvalue weighted by Crippen LogP contribution is 2.28. The molecule has 0 spiro atoms. The second-order valence-electron chi connectivity index (χ2n) is 2.72. The van der Waals surface area contributed by atoms with Crippen LogP contribution < -0.4 is 0 Å². The summed E-state index contributed by atoms with van der Waals surface area (Å²) in [5.41, 5.74) is 0.693. The van der Waals surface area contributed by atoms with E-state index in [0.717, 1.165) is 0 Å². The second kappa shape index (κ2) is 3.70. The van der Waals surface area contributed by atoms with Gasteiger partial charge in [0.15, 0.2) is 5.58 Å². The van der Waals surface area contributed by atoms with Gasteiger partial charge in [0.1, 0.15) is 10.4 Å². The molecule has 1 heterocycles. The molecule has 0 fully saturated rings. The number of nitrogens with zero attached hydrogens (tertiary/aromatic N) is 1. The zero-order valence-corrected chi connectivity index (χ0v) is 9.99. The van der Waals surface area contributed by atoms with Crippen LogP contribution in [0, 0.1) is 0 Å². The minimum absolute atomic E-state index is 0.0225. The Morgan fingerprint density at radius 2 is 2.20 bits per heavy atom. The number of thioether (sulfide) groups is 1. The summed E-state index contributed by atoms with van der Waals surface area (Å²) in [4.78, 5) is 4.01. The van der Waals surface area contributed by atoms with Crippen molar-refractivity contribution in [3.05, 3.63) is 18.2 Å². The molecule has 80 valence electrons. The third kappa shape index (κ3) is 1.97. The normalized spacial score (nSPS) is 12.1. The van der Waals surface area contributed by atoms with Gasteiger partial charge in [-0.2, -0.15) is 0 Å². The van der Waals surface area contributed by atoms with Gasteiger partial charge >= 0.3 is 0 Å². The highest BCUT2D eigenvalue weighted by molar-refractivity contribution is 8.14. The average Bonchev–Trinajstić information content (AvgIpc) is 2.57. The molecule has 0 N–H and O–H groups in total. The van der Waals surface area contributed by atoms with E-state index in [1.54, 1.807) is 18.4 Å². The van der Waals surface area contributed by atoms with Gasteiger partial charge in [0, 0.05) is 10.7 Å². The van der Waals surface area contributed by atoms with E-state index in [1.807, 2.05) is 0 Å². The van der Waals surface area contributed by atoms with Crippen LogP contribution in [0.3, 0.4) is 0 Å². The molecule has 0 aliphatic rings. The molecule has 2 rings (SSSR count). The molecule has 15 heavy (non-hydrogen) atoms. The Hall–Kier alpha value is -0.720. The number of hydrogen-bond donors (Lipinski definition) is 0. The molecule has 0 atom stereocenters. The number of para-hydroxylation sites is 1. The summed E-state index contributed by atoms with van der Waals surface area (Å²) in [5, 5.41) is 0.415. The molecule has 1 aromatic heterocycles. The second-order valence-corrected chi connectivity index (χ2v) is 6.02. The number of aromatic nitrogens is 1. The number of benzene rings is 1. The molecule has 0 saturated carbocycles. The number of hydrogen-bond acceptors (Lipinski definition) is 5. The Bertz CT molecular complexity index is 605. The number of rotatable bonds is 2. The van der Waals surface area contributed by atoms with Gasteiger partial charge in [-0.3, -0.25) is 0 Å². The van der Waals surface area contributed by atoms with Crippen LogP contribution in [0.1, 0.15) is 0 Å². The average molecular weight is 264 g/mol. The maximum absolute atomic E-state index is 11.2. The van der Waals surface area contributed by atoms with Crippen LogP contribution in [-0.4, -0.2) is 19.7 Å². The number of fused-ring (bicyclic) bond motifs is 1. The lowest BCUT2D eigenvalue weighted by Crippen LogP contribution is -1.91. The topological polar surface area (TPSA) is 60.2 Å². The van der Waals surface area contributed by atoms with Gasteiger partial charge < -0.3 is 4.42 Å². The summed E-state index contributed by atoms with van der Waals surface area (Å²) >= 11 is 1.30. The van der Waals surface area contributed by atoms with Gasteiger partial charge in [0.2, 0.25) is 0 Å². The van der Waals surface area contributed by atoms with Crippen molar-refractivity contribution in [2.75, 3.05) is 6.26 Å². The lowest BCUT2D eigenvalue weighted by Gasteiger charge is -1.94. The first-order chi connectivity index (χ1) is 7.02. The summed E-state index contributed by atoms with van der Waals surface area (Å²) in [7, 11) is 1.49. The van der Waals surface area contributed by atoms with Gasteiger partial charge in [0.05, 0.1) is 0 Å². The summed E-state index contributed by atoms with van der Waals surface area (Å²) < 4.78 is 27.7. The molecule has 7 heteroatoms. The lowest BCUT2D eigenvalue weighted by molar-refractivity contribution is 0.490. The van der Waals surface area contributed by atoms with Crippen molar-refractivity contribution < 1.29 is 12.8 Å². The smallest absolute Gasteiger partial charge is 0.263 e. The van der Waals surface area contributed by atoms with E-state index in [2.05, 4.69) is 4.98 Å². The molecule has 0 amide bonds. The fourth-order valence-electron chi connectivity index (χ4n) is 1.19. The molecular weight excluding hydrogens is 258 g/mol. The van der Waals surface area contributed by atoms with Crippen molar-refractivity contribution in [1.29, 1.82) is 0 Å². The highest BCUT2D eigenvalue weighted by Gasteiger charge is 2.18. The molecule has 4 nitrogen and oxygen atoms in total. The van der Waals surface area contributed by atoms with Crippen molar-refractivity contribution >= 4 is 42.6 Å². The predicted octanol–water partition coefficient (Wildman–Crippen LogP) is 2.48. The van der Waals surface area contributed by atoms with Crippen molar-refractivity contribution in [2.45, 2.75) is 10.1 Å². The van der Waals surface area contributed by atoms with Gasteiger partial charge in [-0.1, -0.05) is 17.8 Å². The minimum atomic E-state index is -3.78. The van der Waals surface area contributed by atoms with E-state index >= 15 is 0 Å². The molecule has 0 radical (unpaired) electrons. The molecule has 0 bridgehead atoms. The number of oxazole rings is 1. The van der Waals surface area contributed by atoms with Crippen molar-refractivity contribution in [3.63, 3.8) is 0 Å². The summed E-state index contributed by atoms with van der Waals surface area (Å²) in [6.07, 6.45) is 1.79. The maximum Gasteiger partial charge on any atom is 0.263 e. The van der Waals surface area contributed by atoms with E-state index in [4.69, 9.17) is 15.1 Å². The Labute approximate surface area is 95.0 Å². The largest absolute Gasteiger partial charge is 0.431 e. The van der Waals surface area contributed by atoms with E-state index in [0.29, 0.717) is 10.8 Å². The predicted molar refractivity (Wildman–Crippen MR) is 58.8 cm³/mol. The molecule has 2 aromatic rings. The van der Waals surface area contributed by atoms with Gasteiger partial charge in [-0.15, -0.1) is 0 Å². The van der Waals surface area contributed by atoms with Crippen LogP contribution in [0.2, 0.25) is 0 Å². The monoisotopic (exact) mass is 263 g/mol. The van der Waals surface area contributed by atoms with Crippen molar-refractivity contribution in [3.8, 4) is 0 Å². The minimum Gasteiger partial charge on any atom is -0.431 e.